The molecule has 20 heavy (non-hydrogen) atoms. The maximum atomic E-state index is 2.37. The molecule has 0 N–H and O–H groups in total. The van der Waals surface area contributed by atoms with Crippen LogP contribution in [0.15, 0.2) is 60.7 Å². The van der Waals surface area contributed by atoms with Crippen LogP contribution in [0, 0.1) is 0 Å². The van der Waals surface area contributed by atoms with Crippen molar-refractivity contribution < 1.29 is 0 Å². The van der Waals surface area contributed by atoms with E-state index in [2.05, 4.69) is 60.7 Å². The monoisotopic (exact) mass is 386 g/mol. The average molecular weight is 386 g/mol. The molecule has 2 aromatic rings. The van der Waals surface area contributed by atoms with Gasteiger partial charge in [-0.1, -0.05) is 0 Å². The predicted octanol–water partition coefficient (Wildman–Crippen LogP) is 4.25. The molecule has 0 amide bonds. The molecule has 2 heteroatoms. The van der Waals surface area contributed by atoms with Gasteiger partial charge in [0, 0.05) is 0 Å². The second kappa shape index (κ2) is 7.01. The number of rotatable bonds is 2. The molecule has 1 aliphatic rings. The molecule has 102 valence electrons. The van der Waals surface area contributed by atoms with Gasteiger partial charge in [-0.05, 0) is 0 Å². The third-order valence-electron chi connectivity index (χ3n) is 4.04. The fourth-order valence-electron chi connectivity index (χ4n) is 2.96. The summed E-state index contributed by atoms with van der Waals surface area (Å²) in [6.07, 6.45) is 5.66. The van der Waals surface area contributed by atoms with Crippen molar-refractivity contribution in [3.63, 3.8) is 0 Å². The van der Waals surface area contributed by atoms with Crippen LogP contribution in [0.25, 0.3) is 0 Å². The Morgan fingerprint density at radius 3 is 1.90 bits per heavy atom. The third kappa shape index (κ3) is 3.08. The molecule has 0 unspecified atom stereocenters. The zero-order chi connectivity index (χ0) is 13.7. The Morgan fingerprint density at radius 1 is 0.700 bits per heavy atom. The first-order chi connectivity index (χ1) is 9.92. The van der Waals surface area contributed by atoms with Crippen LogP contribution in [-0.2, 0) is 4.20 Å². The Labute approximate surface area is 132 Å². The fraction of sp³-hybridized carbons (Fsp3) is 0.333. The van der Waals surface area contributed by atoms with Crippen molar-refractivity contribution in [3.8, 4) is 0 Å². The van der Waals surface area contributed by atoms with Gasteiger partial charge < -0.3 is 0 Å². The average Bonchev–Trinajstić information content (AvgIpc) is 2.49. The first-order valence-electron chi connectivity index (χ1n) is 7.41. The summed E-state index contributed by atoms with van der Waals surface area (Å²) in [7, 11) is 0. The van der Waals surface area contributed by atoms with Crippen molar-refractivity contribution in [2.75, 3.05) is 0 Å². The Morgan fingerprint density at radius 2 is 1.30 bits per heavy atom. The Bertz CT molecular complexity index is 521. The molecule has 0 fully saturated rings. The predicted molar refractivity (Wildman–Crippen MR) is 88.4 cm³/mol. The van der Waals surface area contributed by atoms with Crippen LogP contribution in [0.4, 0.5) is 0 Å². The Balaban J connectivity index is 2.13. The van der Waals surface area contributed by atoms with Crippen LogP contribution < -0.4 is 0 Å². The third-order valence-corrected chi connectivity index (χ3v) is 15.1. The van der Waals surface area contributed by atoms with Gasteiger partial charge in [-0.3, -0.25) is 0 Å². The van der Waals surface area contributed by atoms with Crippen LogP contribution in [0.5, 0.6) is 0 Å². The summed E-state index contributed by atoms with van der Waals surface area (Å²) >= 11 is 0.994. The minimum absolute atomic E-state index is 0.374. The summed E-state index contributed by atoms with van der Waals surface area (Å²) in [4.78, 5) is 0. The molecule has 1 heterocycles. The van der Waals surface area contributed by atoms with Crippen LogP contribution in [0.2, 0.25) is 5.21 Å². The van der Waals surface area contributed by atoms with E-state index in [1.807, 2.05) is 0 Å². The molecule has 3 rings (SSSR count). The molecule has 0 saturated carbocycles. The van der Waals surface area contributed by atoms with Crippen molar-refractivity contribution in [1.29, 1.82) is 0 Å². The zero-order valence-electron chi connectivity index (χ0n) is 11.7. The number of benzene rings is 2. The quantitative estimate of drug-likeness (QED) is 0.678. The molecule has 0 aromatic heterocycles. The van der Waals surface area contributed by atoms with E-state index in [-0.39, 0.29) is 0 Å². The maximum absolute atomic E-state index is 2.37. The van der Waals surface area contributed by atoms with Crippen molar-refractivity contribution in [1.82, 2.24) is 0 Å². The van der Waals surface area contributed by atoms with Crippen molar-refractivity contribution in [2.45, 2.75) is 35.1 Å². The van der Waals surface area contributed by atoms with Crippen molar-refractivity contribution in [3.05, 3.63) is 71.8 Å². The summed E-state index contributed by atoms with van der Waals surface area (Å²) in [5.74, 6) is 0. The molecule has 0 aliphatic carbocycles. The normalized spacial score (nSPS) is 19.8. The van der Waals surface area contributed by atoms with E-state index in [0.717, 1.165) is 0 Å². The van der Waals surface area contributed by atoms with Crippen LogP contribution in [-0.4, -0.2) is 26.3 Å². The van der Waals surface area contributed by atoms with Gasteiger partial charge in [0.05, 0.1) is 0 Å². The molecule has 1 aliphatic heterocycles. The summed E-state index contributed by atoms with van der Waals surface area (Å²) in [5, 5.41) is 1.53. The molecular formula is C18H20As2. The van der Waals surface area contributed by atoms with Crippen LogP contribution >= 0.6 is 0 Å². The topological polar surface area (TPSA) is 0 Å². The van der Waals surface area contributed by atoms with Gasteiger partial charge in [-0.2, -0.15) is 0 Å². The zero-order valence-corrected chi connectivity index (χ0v) is 15.5. The summed E-state index contributed by atoms with van der Waals surface area (Å²) < 4.78 is 0.374. The minimum atomic E-state index is 0.374. The SMILES string of the molecule is c1ccc(C2(c3ccccc3)CCCCC/[As]=[As]\2)cc1. The van der Waals surface area contributed by atoms with Gasteiger partial charge in [-0.25, -0.2) is 0 Å². The number of hydrogen-bond acceptors (Lipinski definition) is 0. The summed E-state index contributed by atoms with van der Waals surface area (Å²) in [6.45, 7) is 0. The Kier molecular flexibility index (Phi) is 5.08. The van der Waals surface area contributed by atoms with Gasteiger partial charge >= 0.3 is 133 Å². The number of hydrogen-bond donors (Lipinski definition) is 0. The van der Waals surface area contributed by atoms with Crippen molar-refractivity contribution in [2.24, 2.45) is 0 Å². The van der Waals surface area contributed by atoms with Gasteiger partial charge in [0.2, 0.25) is 0 Å². The van der Waals surface area contributed by atoms with Crippen LogP contribution in [0.1, 0.15) is 36.8 Å². The molecule has 2 aromatic carbocycles. The van der Waals surface area contributed by atoms with Gasteiger partial charge in [0.1, 0.15) is 0 Å². The van der Waals surface area contributed by atoms with Crippen molar-refractivity contribution >= 4 is 26.3 Å². The first-order valence-corrected chi connectivity index (χ1v) is 14.9. The van der Waals surface area contributed by atoms with E-state index in [1.165, 1.54) is 30.9 Å². The molecule has 0 atom stereocenters. The summed E-state index contributed by atoms with van der Waals surface area (Å²) in [5.41, 5.74) is 3.15. The van der Waals surface area contributed by atoms with Crippen LogP contribution in [0.3, 0.4) is 0 Å². The van der Waals surface area contributed by atoms with E-state index < -0.39 is 0 Å². The Hall–Kier alpha value is -0.443. The van der Waals surface area contributed by atoms with Gasteiger partial charge in [-0.15, -0.1) is 0 Å². The molecule has 0 spiro atoms. The molecule has 0 radical (unpaired) electrons. The molecular weight excluding hydrogens is 366 g/mol. The fourth-order valence-corrected chi connectivity index (χ4v) is 15.0. The first kappa shape index (κ1) is 14.5. The summed E-state index contributed by atoms with van der Waals surface area (Å²) in [6, 6.07) is 22.6. The van der Waals surface area contributed by atoms with E-state index in [4.69, 9.17) is 0 Å². The van der Waals surface area contributed by atoms with E-state index >= 15 is 0 Å². The second-order valence-electron chi connectivity index (χ2n) is 5.37. The second-order valence-corrected chi connectivity index (χ2v) is 14.2. The van der Waals surface area contributed by atoms with E-state index in [0.29, 0.717) is 30.5 Å². The van der Waals surface area contributed by atoms with E-state index in [9.17, 15) is 0 Å². The van der Waals surface area contributed by atoms with Gasteiger partial charge in [0.25, 0.3) is 0 Å². The molecule has 0 saturated heterocycles. The van der Waals surface area contributed by atoms with E-state index in [1.54, 1.807) is 11.1 Å². The standard InChI is InChI=1S/C18H20As2/c1-4-10-16(11-5-1)18(17-12-6-2-7-13-17)14-8-3-9-15-19-20-18/h1-2,4-7,10-13H,3,8-9,14-15H2. The van der Waals surface area contributed by atoms with Gasteiger partial charge in [0.15, 0.2) is 0 Å². The molecule has 0 nitrogen and oxygen atoms in total. The molecule has 0 bridgehead atoms.